The van der Waals surface area contributed by atoms with Gasteiger partial charge in [0.25, 0.3) is 0 Å². The molecule has 0 amide bonds. The third-order valence-electron chi connectivity index (χ3n) is 3.55. The van der Waals surface area contributed by atoms with Crippen LogP contribution in [-0.4, -0.2) is 32.2 Å². The van der Waals surface area contributed by atoms with Crippen molar-refractivity contribution >= 4 is 5.97 Å². The third kappa shape index (κ3) is 2.42. The first-order valence-electron chi connectivity index (χ1n) is 6.46. The molecule has 20 heavy (non-hydrogen) atoms. The summed E-state index contributed by atoms with van der Waals surface area (Å²) < 4.78 is 4.94. The molecule has 1 atom stereocenters. The van der Waals surface area contributed by atoms with Crippen molar-refractivity contribution in [3.63, 3.8) is 0 Å². The van der Waals surface area contributed by atoms with Gasteiger partial charge in [-0.05, 0) is 17.5 Å². The first-order chi connectivity index (χ1) is 9.63. The number of hydrogen-bond donors (Lipinski definition) is 1. The highest BCUT2D eigenvalue weighted by molar-refractivity contribution is 5.74. The van der Waals surface area contributed by atoms with Gasteiger partial charge in [-0.3, -0.25) is 9.69 Å². The summed E-state index contributed by atoms with van der Waals surface area (Å²) >= 11 is 0. The van der Waals surface area contributed by atoms with Crippen LogP contribution in [-0.2, 0) is 24.3 Å². The number of aryl methyl sites for hydroxylation is 1. The standard InChI is InChI=1S/C14H15N3O3/c1-9-15-13(16-20-9)8-17-7-11-5-3-2-4-10(11)6-12(17)14(18)19/h2-5,12H,6-8H2,1H3,(H,18,19)/t12-/m0/s1. The lowest BCUT2D eigenvalue weighted by Gasteiger charge is -2.33. The SMILES string of the molecule is Cc1nc(CN2Cc3ccccc3C[C@H]2C(=O)O)no1. The number of nitrogens with zero attached hydrogens (tertiary/aromatic N) is 3. The number of benzene rings is 1. The fourth-order valence-electron chi connectivity index (χ4n) is 2.57. The van der Waals surface area contributed by atoms with Crippen LogP contribution in [0.5, 0.6) is 0 Å². The fraction of sp³-hybridized carbons (Fsp3) is 0.357. The number of carboxylic acids is 1. The van der Waals surface area contributed by atoms with Gasteiger partial charge >= 0.3 is 5.97 Å². The van der Waals surface area contributed by atoms with Gasteiger partial charge < -0.3 is 9.63 Å². The Morgan fingerprint density at radius 2 is 2.20 bits per heavy atom. The molecular weight excluding hydrogens is 258 g/mol. The zero-order valence-electron chi connectivity index (χ0n) is 11.1. The summed E-state index contributed by atoms with van der Waals surface area (Å²) in [6, 6.07) is 7.37. The second-order valence-corrected chi connectivity index (χ2v) is 4.96. The molecule has 1 aliphatic heterocycles. The summed E-state index contributed by atoms with van der Waals surface area (Å²) in [6.07, 6.45) is 0.502. The van der Waals surface area contributed by atoms with E-state index in [2.05, 4.69) is 10.1 Å². The van der Waals surface area contributed by atoms with Gasteiger partial charge in [0.05, 0.1) is 6.54 Å². The van der Waals surface area contributed by atoms with Crippen LogP contribution in [0.25, 0.3) is 0 Å². The zero-order valence-corrected chi connectivity index (χ0v) is 11.1. The van der Waals surface area contributed by atoms with Gasteiger partial charge in [0.15, 0.2) is 5.82 Å². The maximum absolute atomic E-state index is 11.5. The molecule has 104 valence electrons. The quantitative estimate of drug-likeness (QED) is 0.910. The fourth-order valence-corrected chi connectivity index (χ4v) is 2.57. The molecule has 0 radical (unpaired) electrons. The number of aromatic nitrogens is 2. The molecule has 0 aliphatic carbocycles. The van der Waals surface area contributed by atoms with Crippen molar-refractivity contribution in [3.05, 3.63) is 47.1 Å². The van der Waals surface area contributed by atoms with E-state index in [1.807, 2.05) is 29.2 Å². The molecule has 1 aromatic heterocycles. The van der Waals surface area contributed by atoms with Crippen molar-refractivity contribution in [2.45, 2.75) is 32.5 Å². The maximum atomic E-state index is 11.5. The summed E-state index contributed by atoms with van der Waals surface area (Å²) in [5.41, 5.74) is 2.26. The Labute approximate surface area is 116 Å². The Morgan fingerprint density at radius 1 is 1.45 bits per heavy atom. The zero-order chi connectivity index (χ0) is 14.1. The van der Waals surface area contributed by atoms with Crippen molar-refractivity contribution in [2.75, 3.05) is 0 Å². The number of carboxylic acid groups (broad SMARTS) is 1. The topological polar surface area (TPSA) is 79.5 Å². The summed E-state index contributed by atoms with van der Waals surface area (Å²) in [5, 5.41) is 13.3. The molecule has 0 bridgehead atoms. The third-order valence-corrected chi connectivity index (χ3v) is 3.55. The van der Waals surface area contributed by atoms with Crippen LogP contribution in [0.3, 0.4) is 0 Å². The molecule has 0 fully saturated rings. The lowest BCUT2D eigenvalue weighted by atomic mass is 9.94. The average Bonchev–Trinajstić information content (AvgIpc) is 2.83. The van der Waals surface area contributed by atoms with Crippen LogP contribution >= 0.6 is 0 Å². The molecule has 0 unspecified atom stereocenters. The molecular formula is C14H15N3O3. The highest BCUT2D eigenvalue weighted by Gasteiger charge is 2.32. The monoisotopic (exact) mass is 273 g/mol. The highest BCUT2D eigenvalue weighted by Crippen LogP contribution is 2.24. The molecule has 3 rings (SSSR count). The Bertz CT molecular complexity index is 638. The summed E-state index contributed by atoms with van der Waals surface area (Å²) in [4.78, 5) is 17.5. The minimum atomic E-state index is -0.820. The summed E-state index contributed by atoms with van der Waals surface area (Å²) in [5.74, 6) is 0.192. The molecule has 6 nitrogen and oxygen atoms in total. The average molecular weight is 273 g/mol. The Kier molecular flexibility index (Phi) is 3.23. The van der Waals surface area contributed by atoms with Crippen LogP contribution in [0.4, 0.5) is 0 Å². The number of hydrogen-bond acceptors (Lipinski definition) is 5. The van der Waals surface area contributed by atoms with Gasteiger partial charge in [0.1, 0.15) is 6.04 Å². The number of rotatable bonds is 3. The van der Waals surface area contributed by atoms with Gasteiger partial charge in [-0.2, -0.15) is 4.98 Å². The van der Waals surface area contributed by atoms with Gasteiger partial charge in [-0.25, -0.2) is 0 Å². The van der Waals surface area contributed by atoms with Gasteiger partial charge in [-0.15, -0.1) is 0 Å². The van der Waals surface area contributed by atoms with Crippen molar-refractivity contribution in [1.29, 1.82) is 0 Å². The molecule has 6 heteroatoms. The van der Waals surface area contributed by atoms with E-state index in [0.717, 1.165) is 11.1 Å². The molecule has 1 aromatic carbocycles. The van der Waals surface area contributed by atoms with Crippen molar-refractivity contribution in [2.24, 2.45) is 0 Å². The van der Waals surface area contributed by atoms with Gasteiger partial charge in [-0.1, -0.05) is 29.4 Å². The molecule has 1 aliphatic rings. The lowest BCUT2D eigenvalue weighted by molar-refractivity contribution is -0.144. The summed E-state index contributed by atoms with van der Waals surface area (Å²) in [6.45, 7) is 2.68. The normalized spacial score (nSPS) is 18.8. The first kappa shape index (κ1) is 12.8. The second-order valence-electron chi connectivity index (χ2n) is 4.96. The smallest absolute Gasteiger partial charge is 0.321 e. The lowest BCUT2D eigenvalue weighted by Crippen LogP contribution is -2.45. The largest absolute Gasteiger partial charge is 0.480 e. The van der Waals surface area contributed by atoms with Gasteiger partial charge in [0.2, 0.25) is 5.89 Å². The number of aliphatic carboxylic acids is 1. The minimum absolute atomic E-state index is 0.378. The number of carbonyl (C=O) groups is 1. The van der Waals surface area contributed by atoms with Crippen molar-refractivity contribution < 1.29 is 14.4 Å². The van der Waals surface area contributed by atoms with E-state index in [1.54, 1.807) is 6.92 Å². The van der Waals surface area contributed by atoms with E-state index in [-0.39, 0.29) is 0 Å². The van der Waals surface area contributed by atoms with Crippen molar-refractivity contribution in [3.8, 4) is 0 Å². The second kappa shape index (κ2) is 5.05. The first-order valence-corrected chi connectivity index (χ1v) is 6.46. The van der Waals surface area contributed by atoms with Crippen LogP contribution in [0.1, 0.15) is 22.8 Å². The van der Waals surface area contributed by atoms with Gasteiger partial charge in [0, 0.05) is 13.5 Å². The van der Waals surface area contributed by atoms with Crippen molar-refractivity contribution in [1.82, 2.24) is 15.0 Å². The Balaban J connectivity index is 1.86. The number of fused-ring (bicyclic) bond motifs is 1. The molecule has 0 spiro atoms. The van der Waals surface area contributed by atoms with Crippen LogP contribution < -0.4 is 0 Å². The van der Waals surface area contributed by atoms with Crippen LogP contribution in [0.2, 0.25) is 0 Å². The van der Waals surface area contributed by atoms with Crippen LogP contribution in [0.15, 0.2) is 28.8 Å². The maximum Gasteiger partial charge on any atom is 0.321 e. The molecule has 0 saturated heterocycles. The molecule has 1 N–H and O–H groups in total. The molecule has 2 heterocycles. The Morgan fingerprint density at radius 3 is 2.85 bits per heavy atom. The van der Waals surface area contributed by atoms with E-state index in [4.69, 9.17) is 4.52 Å². The summed E-state index contributed by atoms with van der Waals surface area (Å²) in [7, 11) is 0. The minimum Gasteiger partial charge on any atom is -0.480 e. The highest BCUT2D eigenvalue weighted by atomic mass is 16.5. The van der Waals surface area contributed by atoms with E-state index in [0.29, 0.717) is 31.2 Å². The van der Waals surface area contributed by atoms with E-state index < -0.39 is 12.0 Å². The Hall–Kier alpha value is -2.21. The molecule has 2 aromatic rings. The molecule has 0 saturated carbocycles. The van der Waals surface area contributed by atoms with E-state index >= 15 is 0 Å². The van der Waals surface area contributed by atoms with Crippen LogP contribution in [0, 0.1) is 6.92 Å². The predicted molar refractivity (Wildman–Crippen MR) is 69.9 cm³/mol. The van der Waals surface area contributed by atoms with E-state index in [9.17, 15) is 9.90 Å². The van der Waals surface area contributed by atoms with E-state index in [1.165, 1.54) is 0 Å². The predicted octanol–water partition coefficient (Wildman–Crippen LogP) is 1.39.